The van der Waals surface area contributed by atoms with Gasteiger partial charge in [0.1, 0.15) is 23.1 Å². The van der Waals surface area contributed by atoms with E-state index in [4.69, 9.17) is 0 Å². The van der Waals surface area contributed by atoms with Gasteiger partial charge < -0.3 is 40.6 Å². The molecule has 6 fully saturated rings. The van der Waals surface area contributed by atoms with E-state index in [1.807, 2.05) is 6.92 Å². The quantitative estimate of drug-likeness (QED) is 0.234. The number of Topliss-reactive ketones (excluding diaryl/α,β-unsaturated/α-hetero) is 4. The van der Waals surface area contributed by atoms with Crippen LogP contribution in [0.3, 0.4) is 0 Å². The zero-order valence-electron chi connectivity index (χ0n) is 39.2. The predicted octanol–water partition coefficient (Wildman–Crippen LogP) is 11.4. The molecular formula is C50H85O6W6-3. The second kappa shape index (κ2) is 38.5. The fourth-order valence-electron chi connectivity index (χ4n) is 11.2. The van der Waals surface area contributed by atoms with Crippen molar-refractivity contribution in [1.29, 1.82) is 0 Å². The van der Waals surface area contributed by atoms with Crippen LogP contribution in [0.25, 0.3) is 0 Å². The molecular weight excluding hydrogens is 1800 g/mol. The van der Waals surface area contributed by atoms with Crippen molar-refractivity contribution in [3.63, 3.8) is 0 Å². The van der Waals surface area contributed by atoms with Crippen LogP contribution >= 0.6 is 0 Å². The van der Waals surface area contributed by atoms with Gasteiger partial charge in [-0.1, -0.05) is 98.8 Å². The van der Waals surface area contributed by atoms with Crippen LogP contribution in [0.4, 0.5) is 0 Å². The van der Waals surface area contributed by atoms with Crippen LogP contribution in [0.5, 0.6) is 0 Å². The van der Waals surface area contributed by atoms with Gasteiger partial charge >= 0.3 is 0 Å². The smallest absolute Gasteiger partial charge is 0.139 e. The Hall–Kier alpha value is 2.73. The van der Waals surface area contributed by atoms with E-state index < -0.39 is 0 Å². The average Bonchev–Trinajstić information content (AvgIpc) is 3.20. The first-order valence-corrected chi connectivity index (χ1v) is 23.8. The van der Waals surface area contributed by atoms with E-state index in [1.165, 1.54) is 32.1 Å². The third-order valence-corrected chi connectivity index (χ3v) is 15.2. The summed E-state index contributed by atoms with van der Waals surface area (Å²) in [6, 6.07) is 0. The molecule has 360 valence electrons. The van der Waals surface area contributed by atoms with Crippen LogP contribution in [0, 0.1) is 91.8 Å². The number of hydrogen-bond donors (Lipinski definition) is 2. The second-order valence-electron chi connectivity index (χ2n) is 19.1. The summed E-state index contributed by atoms with van der Waals surface area (Å²) in [6.45, 7) is 22.3. The Kier molecular flexibility index (Phi) is 44.2. The third kappa shape index (κ3) is 22.7. The molecule has 0 heterocycles. The van der Waals surface area contributed by atoms with Crippen molar-refractivity contribution in [2.45, 2.75) is 201 Å². The first-order chi connectivity index (χ1) is 26.8. The van der Waals surface area contributed by atoms with E-state index in [9.17, 15) is 29.4 Å². The van der Waals surface area contributed by atoms with E-state index in [-0.39, 0.29) is 180 Å². The topological polar surface area (TPSA) is 109 Å². The molecule has 6 nitrogen and oxygen atoms in total. The molecule has 12 heteroatoms. The molecule has 0 aromatic heterocycles. The summed E-state index contributed by atoms with van der Waals surface area (Å²) in [5.41, 5.74) is 0. The second-order valence-corrected chi connectivity index (χ2v) is 19.1. The van der Waals surface area contributed by atoms with Crippen molar-refractivity contribution >= 4 is 23.1 Å². The molecule has 0 aliphatic heterocycles. The van der Waals surface area contributed by atoms with Crippen LogP contribution in [0.15, 0.2) is 0 Å². The summed E-state index contributed by atoms with van der Waals surface area (Å²) in [5, 5.41) is 20.6. The van der Waals surface area contributed by atoms with E-state index in [1.54, 1.807) is 0 Å². The summed E-state index contributed by atoms with van der Waals surface area (Å²) in [5.74, 6) is 4.79. The normalized spacial score (nSPS) is 35.5. The first kappa shape index (κ1) is 71.3. The van der Waals surface area contributed by atoms with E-state index in [0.29, 0.717) is 52.7 Å². The van der Waals surface area contributed by atoms with Crippen LogP contribution in [-0.2, 0) is 146 Å². The molecule has 0 spiro atoms. The maximum absolute atomic E-state index is 12.3. The minimum Gasteiger partial charge on any atom is -0.395 e. The van der Waals surface area contributed by atoms with Gasteiger partial charge in [0.25, 0.3) is 0 Å². The number of ketones is 4. The van der Waals surface area contributed by atoms with Gasteiger partial charge in [-0.2, -0.15) is 0 Å². The van der Waals surface area contributed by atoms with Gasteiger partial charge in [0.05, 0.1) is 6.10 Å². The maximum atomic E-state index is 12.3. The summed E-state index contributed by atoms with van der Waals surface area (Å²) in [7, 11) is 0. The zero-order chi connectivity index (χ0) is 41.4. The summed E-state index contributed by atoms with van der Waals surface area (Å²) >= 11 is 0. The number of aliphatic hydroxyl groups excluding tert-OH is 2. The minimum absolute atomic E-state index is 0. The molecule has 2 N–H and O–H groups in total. The molecule has 0 radical (unpaired) electrons. The minimum atomic E-state index is -0.243. The molecule has 6 aliphatic rings. The van der Waals surface area contributed by atoms with Crippen LogP contribution in [-0.4, -0.2) is 45.6 Å². The molecule has 14 atom stereocenters. The van der Waals surface area contributed by atoms with Crippen molar-refractivity contribution in [1.82, 2.24) is 0 Å². The van der Waals surface area contributed by atoms with Crippen molar-refractivity contribution in [2.24, 2.45) is 71.0 Å². The van der Waals surface area contributed by atoms with E-state index in [0.717, 1.165) is 122 Å². The molecule has 0 amide bonds. The van der Waals surface area contributed by atoms with Crippen molar-refractivity contribution in [3.8, 4) is 0 Å². The first-order valence-electron chi connectivity index (χ1n) is 23.8. The third-order valence-electron chi connectivity index (χ3n) is 15.2. The average molecular weight is 1890 g/mol. The van der Waals surface area contributed by atoms with Crippen molar-refractivity contribution in [2.75, 3.05) is 0 Å². The van der Waals surface area contributed by atoms with E-state index in [2.05, 4.69) is 48.5 Å². The van der Waals surface area contributed by atoms with Gasteiger partial charge in [0, 0.05) is 168 Å². The molecule has 0 aromatic rings. The van der Waals surface area contributed by atoms with Crippen molar-refractivity contribution < 1.29 is 156 Å². The molecule has 0 saturated heterocycles. The number of rotatable bonds is 8. The molecule has 6 aliphatic carbocycles. The largest absolute Gasteiger partial charge is 0.395 e. The Morgan fingerprint density at radius 3 is 1.21 bits per heavy atom. The fourth-order valence-corrected chi connectivity index (χ4v) is 11.2. The van der Waals surface area contributed by atoms with Gasteiger partial charge in [0.15, 0.2) is 0 Å². The van der Waals surface area contributed by atoms with Crippen LogP contribution in [0.1, 0.15) is 189 Å². The number of carbonyl (C=O) groups excluding carboxylic acids is 4. The van der Waals surface area contributed by atoms with Crippen LogP contribution in [0.2, 0.25) is 0 Å². The monoisotopic (exact) mass is 1890 g/mol. The Balaban J connectivity index is -0.000000362. The Labute approximate surface area is 466 Å². The Morgan fingerprint density at radius 1 is 0.403 bits per heavy atom. The van der Waals surface area contributed by atoms with Gasteiger partial charge in [-0.05, 0) is 108 Å². The number of aliphatic hydroxyl groups is 2. The van der Waals surface area contributed by atoms with Crippen LogP contribution < -0.4 is 0 Å². The van der Waals surface area contributed by atoms with E-state index >= 15 is 0 Å². The molecule has 62 heavy (non-hydrogen) atoms. The number of carbonyl (C=O) groups is 4. The molecule has 6 saturated carbocycles. The molecule has 0 aromatic carbocycles. The van der Waals surface area contributed by atoms with Gasteiger partial charge in [-0.15, -0.1) is 17.8 Å². The Morgan fingerprint density at radius 2 is 0.758 bits per heavy atom. The van der Waals surface area contributed by atoms with Gasteiger partial charge in [-0.3, -0.25) is 9.59 Å². The summed E-state index contributed by atoms with van der Waals surface area (Å²) in [6.07, 6.45) is 25.6. The van der Waals surface area contributed by atoms with Crippen molar-refractivity contribution in [3.05, 3.63) is 20.8 Å². The molecule has 0 bridgehead atoms. The predicted molar refractivity (Wildman–Crippen MR) is 229 cm³/mol. The fraction of sp³-hybridized carbons (Fsp3) is 0.860. The summed E-state index contributed by atoms with van der Waals surface area (Å²) < 4.78 is 0. The number of hydrogen-bond acceptors (Lipinski definition) is 6. The standard InChI is InChI=1S/C16H29O2.C16H25O2.C10H18O.C8H13O.6W/c2*1-3-12-7-5-9-14(16(12)18)10-13-8-4-6-11(2)15(13)17;1-3-8-6-5-7-9(4-2)10(8)11;1-6-4-3-5-7(2)8(6)9;;;;;;/h11-18H,2-10H2,1H3;11-14H,2-10H2,1H3;8-9H,3-7H2,1-2H3;6-7H,1,3-5H2,2H3;;;;;;/q2*-1;;-1;;;;;;. The van der Waals surface area contributed by atoms with Gasteiger partial charge in [0.2, 0.25) is 0 Å². The zero-order valence-corrected chi connectivity index (χ0v) is 56.8. The maximum Gasteiger partial charge on any atom is 0.139 e. The van der Waals surface area contributed by atoms with Gasteiger partial charge in [-0.25, -0.2) is 0 Å². The molecule has 14 unspecified atom stereocenters. The SMILES string of the molecule is CCC1CCCC(CC)C1=O.[CH2-]C1CCCC(C)C1=O.[CH2-]C1CCCC(CC2CCCC(CC)C2=O)C1=O.[CH2-]C1CCCC(CC2CCCC(CC)C2O)C1O.[W].[W].[W].[W].[W].[W]. The summed E-state index contributed by atoms with van der Waals surface area (Å²) in [4.78, 5) is 47.0. The Bertz CT molecular complexity index is 1180. The molecule has 6 rings (SSSR count).